The first-order chi connectivity index (χ1) is 10.1. The van der Waals surface area contributed by atoms with Crippen LogP contribution < -0.4 is 10.2 Å². The summed E-state index contributed by atoms with van der Waals surface area (Å²) in [6.45, 7) is 6.57. The van der Waals surface area contributed by atoms with Crippen LogP contribution in [0.5, 0.6) is 0 Å². The Morgan fingerprint density at radius 1 is 1.33 bits per heavy atom. The third-order valence-corrected chi connectivity index (χ3v) is 4.56. The molecular formula is C16H22FN3S. The number of hydrogen-bond donors (Lipinski definition) is 1. The maximum Gasteiger partial charge on any atom is 0.185 e. The molecule has 0 unspecified atom stereocenters. The van der Waals surface area contributed by atoms with E-state index in [0.717, 1.165) is 30.3 Å². The topological polar surface area (TPSA) is 28.2 Å². The number of aromatic nitrogens is 1. The summed E-state index contributed by atoms with van der Waals surface area (Å²) in [5.74, 6) is -0.164. The fourth-order valence-electron chi connectivity index (χ4n) is 2.07. The minimum Gasteiger partial charge on any atom is -0.347 e. The van der Waals surface area contributed by atoms with Crippen LogP contribution in [0.4, 0.5) is 9.52 Å². The van der Waals surface area contributed by atoms with E-state index in [0.29, 0.717) is 12.1 Å². The molecule has 1 aromatic carbocycles. The lowest BCUT2D eigenvalue weighted by Crippen LogP contribution is -2.17. The number of halogens is 1. The highest BCUT2D eigenvalue weighted by Gasteiger charge is 2.12. The maximum atomic E-state index is 13.7. The van der Waals surface area contributed by atoms with E-state index in [-0.39, 0.29) is 5.82 Å². The molecule has 5 heteroatoms. The molecular weight excluding hydrogens is 285 g/mol. The number of thiazole rings is 1. The molecule has 0 atom stereocenters. The number of nitrogens with zero attached hydrogens (tertiary/aromatic N) is 2. The number of nitrogens with one attached hydrogen (secondary N) is 1. The van der Waals surface area contributed by atoms with Crippen LogP contribution in [-0.2, 0) is 13.1 Å². The molecule has 0 amide bonds. The van der Waals surface area contributed by atoms with Crippen LogP contribution >= 0.6 is 11.3 Å². The second kappa shape index (κ2) is 7.52. The van der Waals surface area contributed by atoms with Gasteiger partial charge in [0.15, 0.2) is 5.13 Å². The van der Waals surface area contributed by atoms with Gasteiger partial charge in [0, 0.05) is 30.6 Å². The van der Waals surface area contributed by atoms with E-state index in [9.17, 15) is 4.39 Å². The fraction of sp³-hybridized carbons (Fsp3) is 0.438. The lowest BCUT2D eigenvalue weighted by Gasteiger charge is -2.16. The molecule has 3 nitrogen and oxygen atoms in total. The Balaban J connectivity index is 2.04. The van der Waals surface area contributed by atoms with E-state index in [2.05, 4.69) is 17.2 Å². The van der Waals surface area contributed by atoms with E-state index in [1.807, 2.05) is 31.0 Å². The predicted octanol–water partition coefficient (Wildman–Crippen LogP) is 3.73. The Morgan fingerprint density at radius 3 is 2.81 bits per heavy atom. The Morgan fingerprint density at radius 2 is 2.10 bits per heavy atom. The van der Waals surface area contributed by atoms with E-state index in [1.165, 1.54) is 10.9 Å². The average molecular weight is 307 g/mol. The third kappa shape index (κ3) is 4.25. The van der Waals surface area contributed by atoms with Gasteiger partial charge < -0.3 is 10.2 Å². The molecule has 0 aliphatic heterocycles. The summed E-state index contributed by atoms with van der Waals surface area (Å²) in [4.78, 5) is 7.85. The van der Waals surface area contributed by atoms with Crippen molar-refractivity contribution in [2.24, 2.45) is 0 Å². The van der Waals surface area contributed by atoms with Gasteiger partial charge in [-0.2, -0.15) is 0 Å². The first-order valence-electron chi connectivity index (χ1n) is 7.23. The lowest BCUT2D eigenvalue weighted by atomic mass is 10.2. The smallest absolute Gasteiger partial charge is 0.185 e. The molecule has 0 saturated heterocycles. The second-order valence-corrected chi connectivity index (χ2v) is 6.19. The molecule has 0 fully saturated rings. The highest BCUT2D eigenvalue weighted by Crippen LogP contribution is 2.26. The molecule has 1 N–H and O–H groups in total. The van der Waals surface area contributed by atoms with E-state index < -0.39 is 0 Å². The molecule has 0 spiro atoms. The highest BCUT2D eigenvalue weighted by atomic mass is 32.1. The molecule has 0 radical (unpaired) electrons. The van der Waals surface area contributed by atoms with Crippen molar-refractivity contribution in [1.29, 1.82) is 0 Å². The number of anilines is 1. The zero-order valence-corrected chi connectivity index (χ0v) is 13.6. The quantitative estimate of drug-likeness (QED) is 0.790. The predicted molar refractivity (Wildman–Crippen MR) is 87.4 cm³/mol. The maximum absolute atomic E-state index is 13.7. The van der Waals surface area contributed by atoms with Gasteiger partial charge in [-0.1, -0.05) is 25.1 Å². The average Bonchev–Trinajstić information content (AvgIpc) is 2.83. The van der Waals surface area contributed by atoms with Gasteiger partial charge in [0.2, 0.25) is 0 Å². The molecule has 0 saturated carbocycles. The molecule has 0 bridgehead atoms. The molecule has 0 aliphatic carbocycles. The van der Waals surface area contributed by atoms with Gasteiger partial charge in [0.25, 0.3) is 0 Å². The van der Waals surface area contributed by atoms with E-state index in [4.69, 9.17) is 0 Å². The summed E-state index contributed by atoms with van der Waals surface area (Å²) in [5.41, 5.74) is 1.75. The largest absolute Gasteiger partial charge is 0.347 e. The van der Waals surface area contributed by atoms with Crippen molar-refractivity contribution < 1.29 is 4.39 Å². The fourth-order valence-corrected chi connectivity index (χ4v) is 3.06. The van der Waals surface area contributed by atoms with Crippen molar-refractivity contribution in [3.8, 4) is 0 Å². The normalized spacial score (nSPS) is 10.9. The van der Waals surface area contributed by atoms with E-state index >= 15 is 0 Å². The van der Waals surface area contributed by atoms with Crippen LogP contribution in [0, 0.1) is 12.7 Å². The van der Waals surface area contributed by atoms with Gasteiger partial charge in [-0.3, -0.25) is 0 Å². The van der Waals surface area contributed by atoms with Gasteiger partial charge in [0.05, 0.1) is 5.69 Å². The summed E-state index contributed by atoms with van der Waals surface area (Å²) >= 11 is 1.67. The minimum atomic E-state index is -0.164. The molecule has 2 aromatic rings. The zero-order chi connectivity index (χ0) is 15.2. The summed E-state index contributed by atoms with van der Waals surface area (Å²) < 4.78 is 13.7. The Labute approximate surface area is 129 Å². The number of benzene rings is 1. The Kier molecular flexibility index (Phi) is 5.70. The molecule has 114 valence electrons. The van der Waals surface area contributed by atoms with E-state index in [1.54, 1.807) is 17.4 Å². The van der Waals surface area contributed by atoms with Crippen molar-refractivity contribution in [2.45, 2.75) is 33.4 Å². The van der Waals surface area contributed by atoms with Gasteiger partial charge in [-0.15, -0.1) is 11.3 Å². The second-order valence-electron chi connectivity index (χ2n) is 5.13. The number of aryl methyl sites for hydroxylation is 1. The van der Waals surface area contributed by atoms with Crippen molar-refractivity contribution in [3.05, 3.63) is 46.2 Å². The number of hydrogen-bond acceptors (Lipinski definition) is 4. The van der Waals surface area contributed by atoms with Gasteiger partial charge in [-0.25, -0.2) is 9.37 Å². The van der Waals surface area contributed by atoms with Crippen LogP contribution in [-0.4, -0.2) is 18.6 Å². The molecule has 2 rings (SSSR count). The first-order valence-corrected chi connectivity index (χ1v) is 8.05. The summed E-state index contributed by atoms with van der Waals surface area (Å²) in [7, 11) is 1.95. The molecule has 21 heavy (non-hydrogen) atoms. The summed E-state index contributed by atoms with van der Waals surface area (Å²) in [6, 6.07) is 6.88. The first kappa shape index (κ1) is 15.9. The standard InChI is InChI=1S/C16H22FN3S/c1-4-9-18-10-15-12(2)19-16(21-15)20(3)11-13-7-5-6-8-14(13)17/h5-8,18H,4,9-11H2,1-3H3. The monoisotopic (exact) mass is 307 g/mol. The Hall–Kier alpha value is -1.46. The molecule has 1 heterocycles. The minimum absolute atomic E-state index is 0.164. The molecule has 0 aliphatic rings. The highest BCUT2D eigenvalue weighted by molar-refractivity contribution is 7.15. The van der Waals surface area contributed by atoms with Crippen LogP contribution in [0.1, 0.15) is 29.5 Å². The van der Waals surface area contributed by atoms with Crippen LogP contribution in [0.3, 0.4) is 0 Å². The van der Waals surface area contributed by atoms with Crippen LogP contribution in [0.2, 0.25) is 0 Å². The van der Waals surface area contributed by atoms with Gasteiger partial charge in [-0.05, 0) is 26.0 Å². The molecule has 1 aromatic heterocycles. The van der Waals surface area contributed by atoms with Gasteiger partial charge >= 0.3 is 0 Å². The SMILES string of the molecule is CCCNCc1sc(N(C)Cc2ccccc2F)nc1C. The van der Waals surface area contributed by atoms with Crippen molar-refractivity contribution in [1.82, 2.24) is 10.3 Å². The summed E-state index contributed by atoms with van der Waals surface area (Å²) in [5, 5.41) is 4.33. The lowest BCUT2D eigenvalue weighted by molar-refractivity contribution is 0.608. The van der Waals surface area contributed by atoms with Crippen LogP contribution in [0.15, 0.2) is 24.3 Å². The Bertz CT molecular complexity index is 583. The van der Waals surface area contributed by atoms with Crippen molar-refractivity contribution in [2.75, 3.05) is 18.5 Å². The van der Waals surface area contributed by atoms with Crippen molar-refractivity contribution in [3.63, 3.8) is 0 Å². The van der Waals surface area contributed by atoms with Crippen LogP contribution in [0.25, 0.3) is 0 Å². The number of rotatable bonds is 7. The summed E-state index contributed by atoms with van der Waals surface area (Å²) in [6.07, 6.45) is 1.12. The zero-order valence-electron chi connectivity index (χ0n) is 12.8. The van der Waals surface area contributed by atoms with Crippen molar-refractivity contribution >= 4 is 16.5 Å². The third-order valence-electron chi connectivity index (χ3n) is 3.29. The van der Waals surface area contributed by atoms with Gasteiger partial charge in [0.1, 0.15) is 5.82 Å².